The van der Waals surface area contributed by atoms with E-state index in [9.17, 15) is 8.42 Å². The molecule has 1 aliphatic carbocycles. The molecule has 0 aromatic carbocycles. The zero-order valence-electron chi connectivity index (χ0n) is 12.3. The van der Waals surface area contributed by atoms with E-state index in [1.165, 1.54) is 0 Å². The molecular formula is C13H24N4O2S. The van der Waals surface area contributed by atoms with Crippen molar-refractivity contribution in [2.75, 3.05) is 0 Å². The van der Waals surface area contributed by atoms with Crippen molar-refractivity contribution >= 4 is 10.0 Å². The fourth-order valence-corrected chi connectivity index (χ4v) is 4.06. The molecule has 1 saturated carbocycles. The minimum absolute atomic E-state index is 0.0363. The average Bonchev–Trinajstić information content (AvgIpc) is 2.96. The highest BCUT2D eigenvalue weighted by molar-refractivity contribution is 7.89. The highest BCUT2D eigenvalue weighted by Crippen LogP contribution is 2.26. The zero-order chi connectivity index (χ0) is 14.8. The fourth-order valence-electron chi connectivity index (χ4n) is 2.55. The maximum Gasteiger partial charge on any atom is 0.258 e. The second-order valence-electron chi connectivity index (χ2n) is 5.90. The first-order chi connectivity index (χ1) is 9.40. The van der Waals surface area contributed by atoms with Gasteiger partial charge in [0.2, 0.25) is 0 Å². The molecule has 2 unspecified atom stereocenters. The maximum absolute atomic E-state index is 12.5. The molecule has 1 aromatic rings. The van der Waals surface area contributed by atoms with Crippen molar-refractivity contribution in [1.29, 1.82) is 0 Å². The van der Waals surface area contributed by atoms with Gasteiger partial charge in [-0.15, -0.1) is 0 Å². The third-order valence-electron chi connectivity index (χ3n) is 3.82. The van der Waals surface area contributed by atoms with E-state index in [0.29, 0.717) is 24.1 Å². The van der Waals surface area contributed by atoms with Gasteiger partial charge in [0.1, 0.15) is 0 Å². The Hall–Kier alpha value is -0.920. The van der Waals surface area contributed by atoms with Gasteiger partial charge in [-0.2, -0.15) is 5.10 Å². The number of H-pyrrole nitrogens is 1. The molecule has 6 nitrogen and oxygen atoms in total. The Morgan fingerprint density at radius 3 is 2.80 bits per heavy atom. The van der Waals surface area contributed by atoms with Gasteiger partial charge in [-0.1, -0.05) is 27.2 Å². The Bertz CT molecular complexity index is 538. The number of aromatic nitrogens is 2. The lowest BCUT2D eigenvalue weighted by Crippen LogP contribution is -2.37. The van der Waals surface area contributed by atoms with Gasteiger partial charge in [-0.05, 0) is 18.8 Å². The molecule has 1 heterocycles. The van der Waals surface area contributed by atoms with Crippen LogP contribution in [0, 0.1) is 5.92 Å². The summed E-state index contributed by atoms with van der Waals surface area (Å²) < 4.78 is 27.7. The maximum atomic E-state index is 12.5. The molecule has 3 N–H and O–H groups in total. The number of rotatable bonds is 6. The minimum Gasteiger partial charge on any atom is -0.310 e. The van der Waals surface area contributed by atoms with Crippen molar-refractivity contribution in [2.24, 2.45) is 5.92 Å². The van der Waals surface area contributed by atoms with Crippen molar-refractivity contribution in [2.45, 2.75) is 63.7 Å². The topological polar surface area (TPSA) is 86.9 Å². The van der Waals surface area contributed by atoms with Crippen molar-refractivity contribution < 1.29 is 8.42 Å². The van der Waals surface area contributed by atoms with Gasteiger partial charge in [0.25, 0.3) is 10.0 Å². The van der Waals surface area contributed by atoms with Gasteiger partial charge in [-0.3, -0.25) is 5.10 Å². The predicted molar refractivity (Wildman–Crippen MR) is 77.7 cm³/mol. The van der Waals surface area contributed by atoms with Gasteiger partial charge in [0.15, 0.2) is 5.03 Å². The fraction of sp³-hybridized carbons (Fsp3) is 0.769. The molecule has 1 aliphatic rings. The number of hydrogen-bond donors (Lipinski definition) is 3. The molecule has 2 atom stereocenters. The quantitative estimate of drug-likeness (QED) is 0.740. The van der Waals surface area contributed by atoms with Crippen LogP contribution in [0.4, 0.5) is 0 Å². The van der Waals surface area contributed by atoms with Crippen LogP contribution in [0.2, 0.25) is 0 Å². The second-order valence-corrected chi connectivity index (χ2v) is 7.55. The van der Waals surface area contributed by atoms with Gasteiger partial charge < -0.3 is 5.32 Å². The van der Waals surface area contributed by atoms with Gasteiger partial charge in [0, 0.05) is 24.2 Å². The standard InChI is InChI=1S/C13H24N4O2S/c1-9(2)14-7-11-8-15-16-13(11)20(18,19)17-12-6-4-5-10(12)3/h8-10,12,14,17H,4-7H2,1-3H3,(H,15,16). The summed E-state index contributed by atoms with van der Waals surface area (Å²) in [6, 6.07) is 0.331. The summed E-state index contributed by atoms with van der Waals surface area (Å²) >= 11 is 0. The SMILES string of the molecule is CC(C)NCc1cn[nH]c1S(=O)(=O)NC1CCCC1C. The Balaban J connectivity index is 2.11. The third-order valence-corrected chi connectivity index (χ3v) is 5.32. The molecule has 0 saturated heterocycles. The molecule has 0 radical (unpaired) electrons. The zero-order valence-corrected chi connectivity index (χ0v) is 13.1. The summed E-state index contributed by atoms with van der Waals surface area (Å²) in [7, 11) is -3.52. The molecule has 0 bridgehead atoms. The predicted octanol–water partition coefficient (Wildman–Crippen LogP) is 1.37. The lowest BCUT2D eigenvalue weighted by atomic mass is 10.1. The van der Waals surface area contributed by atoms with E-state index >= 15 is 0 Å². The highest BCUT2D eigenvalue weighted by atomic mass is 32.2. The van der Waals surface area contributed by atoms with E-state index in [2.05, 4.69) is 27.2 Å². The van der Waals surface area contributed by atoms with Gasteiger partial charge >= 0.3 is 0 Å². The molecular weight excluding hydrogens is 276 g/mol. The second kappa shape index (κ2) is 6.24. The first-order valence-electron chi connectivity index (χ1n) is 7.18. The lowest BCUT2D eigenvalue weighted by Gasteiger charge is -2.17. The monoisotopic (exact) mass is 300 g/mol. The number of sulfonamides is 1. The number of aromatic amines is 1. The Kier molecular flexibility index (Phi) is 4.82. The molecule has 2 rings (SSSR count). The van der Waals surface area contributed by atoms with E-state index in [1.54, 1.807) is 6.20 Å². The molecule has 0 aliphatic heterocycles. The molecule has 1 aromatic heterocycles. The summed E-state index contributed by atoms with van der Waals surface area (Å²) in [4.78, 5) is 0. The molecule has 114 valence electrons. The summed E-state index contributed by atoms with van der Waals surface area (Å²) in [6.45, 7) is 6.62. The number of nitrogens with one attached hydrogen (secondary N) is 3. The van der Waals surface area contributed by atoms with E-state index in [1.807, 2.05) is 13.8 Å². The summed E-state index contributed by atoms with van der Waals surface area (Å²) in [6.07, 6.45) is 4.65. The largest absolute Gasteiger partial charge is 0.310 e. The van der Waals surface area contributed by atoms with Crippen LogP contribution < -0.4 is 10.0 Å². The molecule has 0 amide bonds. The van der Waals surface area contributed by atoms with Crippen LogP contribution in [0.5, 0.6) is 0 Å². The minimum atomic E-state index is -3.52. The van der Waals surface area contributed by atoms with Crippen LogP contribution >= 0.6 is 0 Å². The summed E-state index contributed by atoms with van der Waals surface area (Å²) in [5.41, 5.74) is 0.678. The third kappa shape index (κ3) is 3.59. The van der Waals surface area contributed by atoms with E-state index < -0.39 is 10.0 Å². The van der Waals surface area contributed by atoms with Crippen LogP contribution in [0.15, 0.2) is 11.2 Å². The number of hydrogen-bond acceptors (Lipinski definition) is 4. The first kappa shape index (κ1) is 15.5. The Labute approximate surface area is 120 Å². The van der Waals surface area contributed by atoms with Crippen molar-refractivity contribution in [3.8, 4) is 0 Å². The van der Waals surface area contributed by atoms with Gasteiger partial charge in [0.05, 0.1) is 6.20 Å². The van der Waals surface area contributed by atoms with Gasteiger partial charge in [-0.25, -0.2) is 13.1 Å². The number of nitrogens with zero attached hydrogens (tertiary/aromatic N) is 1. The lowest BCUT2D eigenvalue weighted by molar-refractivity contribution is 0.474. The molecule has 7 heteroatoms. The van der Waals surface area contributed by atoms with Crippen LogP contribution in [0.3, 0.4) is 0 Å². The van der Waals surface area contributed by atoms with Crippen molar-refractivity contribution in [3.63, 3.8) is 0 Å². The van der Waals surface area contributed by atoms with E-state index in [0.717, 1.165) is 19.3 Å². The summed E-state index contributed by atoms with van der Waals surface area (Å²) in [5, 5.41) is 9.89. The van der Waals surface area contributed by atoms with E-state index in [4.69, 9.17) is 0 Å². The Morgan fingerprint density at radius 2 is 2.20 bits per heavy atom. The summed E-state index contributed by atoms with van der Waals surface area (Å²) in [5.74, 6) is 0.393. The molecule has 1 fully saturated rings. The normalized spacial score (nSPS) is 23.6. The van der Waals surface area contributed by atoms with Crippen molar-refractivity contribution in [3.05, 3.63) is 11.8 Å². The smallest absolute Gasteiger partial charge is 0.258 e. The average molecular weight is 300 g/mol. The van der Waals surface area contributed by atoms with Crippen molar-refractivity contribution in [1.82, 2.24) is 20.2 Å². The molecule has 20 heavy (non-hydrogen) atoms. The van der Waals surface area contributed by atoms with E-state index in [-0.39, 0.29) is 11.1 Å². The molecule has 0 spiro atoms. The highest BCUT2D eigenvalue weighted by Gasteiger charge is 2.30. The van der Waals surface area contributed by atoms with Crippen LogP contribution in [-0.4, -0.2) is 30.7 Å². The van der Waals surface area contributed by atoms with Crippen LogP contribution in [0.25, 0.3) is 0 Å². The van der Waals surface area contributed by atoms with Crippen LogP contribution in [-0.2, 0) is 16.6 Å². The first-order valence-corrected chi connectivity index (χ1v) is 8.66. The van der Waals surface area contributed by atoms with Crippen LogP contribution in [0.1, 0.15) is 45.6 Å². The Morgan fingerprint density at radius 1 is 1.45 bits per heavy atom.